The molecule has 32 heavy (non-hydrogen) atoms. The molecule has 1 atom stereocenters. The standard InChI is InChI=1S/C27H31N3S.ClH/c1-4-29(5-2)21(3)31-25-17-13-23(14-18-25)22-11-15-24(16-12-22)30-20-8-19-28-26-9-6-7-10-27(26)30;/h6-7,9-19,21H,4-5,8,20H2,1-3H3;1H. The van der Waals surface area contributed by atoms with Crippen LogP contribution in [0.3, 0.4) is 0 Å². The van der Waals surface area contributed by atoms with Crippen LogP contribution < -0.4 is 4.90 Å². The molecule has 0 N–H and O–H groups in total. The highest BCUT2D eigenvalue weighted by Gasteiger charge is 2.15. The molecular formula is C27H32ClN3S. The van der Waals surface area contributed by atoms with E-state index in [1.807, 2.05) is 24.0 Å². The zero-order chi connectivity index (χ0) is 21.6. The van der Waals surface area contributed by atoms with Gasteiger partial charge in [0.05, 0.1) is 16.7 Å². The van der Waals surface area contributed by atoms with Crippen LogP contribution in [0.2, 0.25) is 0 Å². The molecule has 1 aliphatic rings. The van der Waals surface area contributed by atoms with E-state index < -0.39 is 0 Å². The minimum absolute atomic E-state index is 0. The number of halogens is 1. The lowest BCUT2D eigenvalue weighted by molar-refractivity contribution is 0.297. The summed E-state index contributed by atoms with van der Waals surface area (Å²) in [7, 11) is 0. The van der Waals surface area contributed by atoms with Crippen molar-refractivity contribution in [2.24, 2.45) is 4.99 Å². The van der Waals surface area contributed by atoms with E-state index >= 15 is 0 Å². The van der Waals surface area contributed by atoms with Crippen molar-refractivity contribution in [2.75, 3.05) is 24.5 Å². The fourth-order valence-electron chi connectivity index (χ4n) is 4.11. The lowest BCUT2D eigenvalue weighted by atomic mass is 10.1. The predicted molar refractivity (Wildman–Crippen MR) is 144 cm³/mol. The van der Waals surface area contributed by atoms with Crippen molar-refractivity contribution in [1.29, 1.82) is 0 Å². The number of anilines is 2. The van der Waals surface area contributed by atoms with E-state index in [2.05, 4.69) is 102 Å². The van der Waals surface area contributed by atoms with Crippen LogP contribution in [0.25, 0.3) is 11.1 Å². The van der Waals surface area contributed by atoms with Gasteiger partial charge in [-0.3, -0.25) is 9.89 Å². The van der Waals surface area contributed by atoms with Gasteiger partial charge in [-0.05, 0) is 67.5 Å². The number of rotatable bonds is 7. The number of para-hydroxylation sites is 2. The Morgan fingerprint density at radius 2 is 1.53 bits per heavy atom. The Balaban J connectivity index is 0.00000289. The summed E-state index contributed by atoms with van der Waals surface area (Å²) in [4.78, 5) is 10.8. The first kappa shape index (κ1) is 24.4. The van der Waals surface area contributed by atoms with Gasteiger partial charge in [-0.2, -0.15) is 0 Å². The van der Waals surface area contributed by atoms with Crippen molar-refractivity contribution in [3.8, 4) is 11.1 Å². The number of nitrogens with zero attached hydrogens (tertiary/aromatic N) is 3. The fourth-order valence-corrected chi connectivity index (χ4v) is 5.24. The first-order valence-corrected chi connectivity index (χ1v) is 12.1. The van der Waals surface area contributed by atoms with Crippen molar-refractivity contribution >= 4 is 47.4 Å². The molecule has 3 aromatic carbocycles. The third-order valence-electron chi connectivity index (χ3n) is 5.88. The summed E-state index contributed by atoms with van der Waals surface area (Å²) in [6.45, 7) is 9.85. The SMILES string of the molecule is CCN(CC)C(C)Sc1ccc(-c2ccc(N3CCC=Nc4ccccc43)cc2)cc1.Cl. The van der Waals surface area contributed by atoms with Crippen molar-refractivity contribution in [3.05, 3.63) is 72.8 Å². The average Bonchev–Trinajstić information content (AvgIpc) is 3.03. The van der Waals surface area contributed by atoms with Gasteiger partial charge in [0.25, 0.3) is 0 Å². The highest BCUT2D eigenvalue weighted by Crippen LogP contribution is 2.36. The van der Waals surface area contributed by atoms with E-state index in [9.17, 15) is 0 Å². The van der Waals surface area contributed by atoms with Crippen molar-refractivity contribution < 1.29 is 0 Å². The van der Waals surface area contributed by atoms with Gasteiger partial charge in [0.1, 0.15) is 0 Å². The molecular weight excluding hydrogens is 434 g/mol. The van der Waals surface area contributed by atoms with Gasteiger partial charge in [0, 0.05) is 29.8 Å². The number of fused-ring (bicyclic) bond motifs is 1. The Labute approximate surface area is 203 Å². The molecule has 5 heteroatoms. The van der Waals surface area contributed by atoms with Crippen molar-refractivity contribution in [1.82, 2.24) is 4.90 Å². The van der Waals surface area contributed by atoms with Gasteiger partial charge in [0.2, 0.25) is 0 Å². The van der Waals surface area contributed by atoms with Gasteiger partial charge in [-0.25, -0.2) is 0 Å². The molecule has 0 fully saturated rings. The van der Waals surface area contributed by atoms with Crippen LogP contribution in [0, 0.1) is 0 Å². The molecule has 0 aliphatic carbocycles. The van der Waals surface area contributed by atoms with E-state index in [4.69, 9.17) is 0 Å². The van der Waals surface area contributed by atoms with Crippen LogP contribution in [-0.4, -0.2) is 36.1 Å². The third kappa shape index (κ3) is 5.55. The smallest absolute Gasteiger partial charge is 0.0862 e. The number of hydrogen-bond donors (Lipinski definition) is 0. The molecule has 3 nitrogen and oxygen atoms in total. The molecule has 0 amide bonds. The molecule has 4 rings (SSSR count). The molecule has 168 valence electrons. The second kappa shape index (κ2) is 11.6. The third-order valence-corrected chi connectivity index (χ3v) is 7.07. The monoisotopic (exact) mass is 465 g/mol. The summed E-state index contributed by atoms with van der Waals surface area (Å²) in [5.74, 6) is 0. The van der Waals surface area contributed by atoms with Crippen LogP contribution in [-0.2, 0) is 0 Å². The van der Waals surface area contributed by atoms with Gasteiger partial charge in [-0.1, -0.05) is 50.2 Å². The van der Waals surface area contributed by atoms with Crippen LogP contribution in [0.15, 0.2) is 82.7 Å². The molecule has 0 saturated heterocycles. The Hall–Kier alpha value is -2.27. The van der Waals surface area contributed by atoms with E-state index in [1.165, 1.54) is 27.4 Å². The Bertz CT molecular complexity index is 1010. The van der Waals surface area contributed by atoms with Gasteiger partial charge in [-0.15, -0.1) is 24.2 Å². The summed E-state index contributed by atoms with van der Waals surface area (Å²) < 4.78 is 0. The van der Waals surface area contributed by atoms with Gasteiger partial charge in [0.15, 0.2) is 0 Å². The Morgan fingerprint density at radius 3 is 2.19 bits per heavy atom. The predicted octanol–water partition coefficient (Wildman–Crippen LogP) is 7.80. The molecule has 0 saturated carbocycles. The lowest BCUT2D eigenvalue weighted by Crippen LogP contribution is -2.30. The Morgan fingerprint density at radius 1 is 0.906 bits per heavy atom. The maximum atomic E-state index is 4.61. The highest BCUT2D eigenvalue weighted by atomic mass is 35.5. The topological polar surface area (TPSA) is 18.8 Å². The molecule has 1 aliphatic heterocycles. The summed E-state index contributed by atoms with van der Waals surface area (Å²) in [5.41, 5.74) is 5.92. The molecule has 0 radical (unpaired) electrons. The normalized spacial score (nSPS) is 13.9. The zero-order valence-corrected chi connectivity index (χ0v) is 20.7. The first-order valence-electron chi connectivity index (χ1n) is 11.2. The van der Waals surface area contributed by atoms with Crippen molar-refractivity contribution in [2.45, 2.75) is 37.5 Å². The minimum Gasteiger partial charge on any atom is -0.339 e. The molecule has 0 spiro atoms. The maximum Gasteiger partial charge on any atom is 0.0862 e. The van der Waals surface area contributed by atoms with E-state index in [-0.39, 0.29) is 12.4 Å². The van der Waals surface area contributed by atoms with Crippen LogP contribution in [0.1, 0.15) is 27.2 Å². The summed E-state index contributed by atoms with van der Waals surface area (Å²) in [6.07, 6.45) is 2.97. The number of thioether (sulfide) groups is 1. The Kier molecular flexibility index (Phi) is 8.80. The quantitative estimate of drug-likeness (QED) is 0.262. The number of hydrogen-bond acceptors (Lipinski definition) is 4. The van der Waals surface area contributed by atoms with Crippen LogP contribution in [0.4, 0.5) is 17.1 Å². The van der Waals surface area contributed by atoms with Crippen LogP contribution in [0.5, 0.6) is 0 Å². The minimum atomic E-state index is 0. The van der Waals surface area contributed by atoms with E-state index in [0.29, 0.717) is 5.37 Å². The number of benzene rings is 3. The summed E-state index contributed by atoms with van der Waals surface area (Å²) in [5, 5.41) is 0.487. The zero-order valence-electron chi connectivity index (χ0n) is 19.1. The second-order valence-corrected chi connectivity index (χ2v) is 9.14. The lowest BCUT2D eigenvalue weighted by Gasteiger charge is -2.25. The molecule has 1 unspecified atom stereocenters. The largest absolute Gasteiger partial charge is 0.339 e. The molecule has 3 aromatic rings. The van der Waals surface area contributed by atoms with E-state index in [0.717, 1.165) is 31.7 Å². The number of aliphatic imine (C=N–C) groups is 1. The fraction of sp³-hybridized carbons (Fsp3) is 0.296. The average molecular weight is 466 g/mol. The second-order valence-electron chi connectivity index (χ2n) is 7.75. The molecule has 0 aromatic heterocycles. The maximum absolute atomic E-state index is 4.61. The first-order chi connectivity index (χ1) is 15.2. The van der Waals surface area contributed by atoms with Crippen molar-refractivity contribution in [3.63, 3.8) is 0 Å². The highest BCUT2D eigenvalue weighted by molar-refractivity contribution is 7.99. The van der Waals surface area contributed by atoms with Gasteiger partial charge < -0.3 is 4.90 Å². The molecule has 0 bridgehead atoms. The van der Waals surface area contributed by atoms with E-state index in [1.54, 1.807) is 0 Å². The summed E-state index contributed by atoms with van der Waals surface area (Å²) >= 11 is 1.93. The van der Waals surface area contributed by atoms with Gasteiger partial charge >= 0.3 is 0 Å². The summed E-state index contributed by atoms with van der Waals surface area (Å²) in [6, 6.07) is 26.2. The molecule has 1 heterocycles. The van der Waals surface area contributed by atoms with Crippen LogP contribution >= 0.6 is 24.2 Å².